The summed E-state index contributed by atoms with van der Waals surface area (Å²) in [6, 6.07) is 6.82. The van der Waals surface area contributed by atoms with E-state index in [1.54, 1.807) is 0 Å². The Morgan fingerprint density at radius 1 is 1.24 bits per heavy atom. The summed E-state index contributed by atoms with van der Waals surface area (Å²) in [6.07, 6.45) is -3.44. The van der Waals surface area contributed by atoms with Crippen LogP contribution in [0.2, 0.25) is 0 Å². The first-order valence-electron chi connectivity index (χ1n) is 10.0. The van der Waals surface area contributed by atoms with E-state index in [2.05, 4.69) is 15.5 Å². The highest BCUT2D eigenvalue weighted by molar-refractivity contribution is 7.90. The molecule has 0 saturated heterocycles. The van der Waals surface area contributed by atoms with Crippen molar-refractivity contribution in [2.45, 2.75) is 31.9 Å². The zero-order valence-corrected chi connectivity index (χ0v) is 18.4. The fourth-order valence-corrected chi connectivity index (χ4v) is 4.22. The molecule has 4 rings (SSSR count). The lowest BCUT2D eigenvalue weighted by atomic mass is 9.94. The Labute approximate surface area is 191 Å². The molecule has 1 unspecified atom stereocenters. The van der Waals surface area contributed by atoms with Gasteiger partial charge in [-0.1, -0.05) is 19.4 Å². The molecule has 10 nitrogen and oxygen atoms in total. The second-order valence-electron chi connectivity index (χ2n) is 7.66. The monoisotopic (exact) mass is 496 g/mol. The van der Waals surface area contributed by atoms with Crippen LogP contribution in [0.1, 0.15) is 36.8 Å². The number of nitrogens with one attached hydrogen (secondary N) is 2. The van der Waals surface area contributed by atoms with Crippen molar-refractivity contribution >= 4 is 27.8 Å². The minimum absolute atomic E-state index is 0.0312. The Bertz CT molecular complexity index is 1390. The van der Waals surface area contributed by atoms with Gasteiger partial charge in [0.25, 0.3) is 10.2 Å². The molecule has 34 heavy (non-hydrogen) atoms. The number of rotatable bonds is 6. The van der Waals surface area contributed by atoms with Gasteiger partial charge in [0.15, 0.2) is 5.82 Å². The number of aromatic hydroxyl groups is 1. The minimum Gasteiger partial charge on any atom is -0.507 e. The molecule has 0 spiro atoms. The van der Waals surface area contributed by atoms with E-state index >= 15 is 0 Å². The summed E-state index contributed by atoms with van der Waals surface area (Å²) in [5.41, 5.74) is -0.136. The summed E-state index contributed by atoms with van der Waals surface area (Å²) >= 11 is 0. The summed E-state index contributed by atoms with van der Waals surface area (Å²) in [7, 11) is -4.37. The number of nitrogens with two attached hydrogens (primary N) is 1. The van der Waals surface area contributed by atoms with E-state index in [4.69, 9.17) is 5.14 Å². The van der Waals surface area contributed by atoms with Crippen LogP contribution in [0.3, 0.4) is 0 Å². The molecule has 5 N–H and O–H groups in total. The third kappa shape index (κ3) is 4.41. The standard InChI is InChI=1S/C20H19F3N6O4S/c1-2-4-12-13-8-14(16(30)9-15(13)25-18(12)31)17-26-27-19(28-34(24,32)33)29(17)11-6-3-5-10(7-11)20(21,22)23/h3,5-9,12,30H,2,4H2,1H3,(H,25,31)(H,27,28)(H2,24,32,33). The number of carbonyl (C=O) groups is 1. The Kier molecular flexibility index (Phi) is 5.73. The maximum absolute atomic E-state index is 13.3. The molecule has 0 radical (unpaired) electrons. The number of amides is 1. The molecule has 1 aromatic heterocycles. The zero-order valence-electron chi connectivity index (χ0n) is 17.6. The summed E-state index contributed by atoms with van der Waals surface area (Å²) in [5.74, 6) is -1.74. The summed E-state index contributed by atoms with van der Waals surface area (Å²) in [4.78, 5) is 12.3. The summed E-state index contributed by atoms with van der Waals surface area (Å²) < 4.78 is 66.1. The molecule has 0 aliphatic carbocycles. The Balaban J connectivity index is 1.94. The molecule has 14 heteroatoms. The molecule has 1 atom stereocenters. The van der Waals surface area contributed by atoms with E-state index in [0.29, 0.717) is 24.1 Å². The van der Waals surface area contributed by atoms with Gasteiger partial charge in [-0.2, -0.15) is 21.6 Å². The van der Waals surface area contributed by atoms with Crippen molar-refractivity contribution in [3.8, 4) is 22.8 Å². The van der Waals surface area contributed by atoms with Crippen molar-refractivity contribution in [1.82, 2.24) is 14.8 Å². The number of alkyl halides is 3. The fraction of sp³-hybridized carbons (Fsp3) is 0.250. The quantitative estimate of drug-likeness (QED) is 0.412. The Hall–Kier alpha value is -3.65. The normalized spacial score (nSPS) is 15.8. The van der Waals surface area contributed by atoms with Crippen LogP contribution in [-0.2, 0) is 21.2 Å². The molecule has 3 aromatic rings. The minimum atomic E-state index is -4.67. The number of halogens is 3. The number of nitrogens with zero attached hydrogens (tertiary/aromatic N) is 3. The van der Waals surface area contributed by atoms with E-state index < -0.39 is 33.8 Å². The van der Waals surface area contributed by atoms with Crippen molar-refractivity contribution in [3.63, 3.8) is 0 Å². The number of phenolic OH excluding ortho intramolecular Hbond substituents is 1. The topological polar surface area (TPSA) is 152 Å². The van der Waals surface area contributed by atoms with Crippen molar-refractivity contribution in [3.05, 3.63) is 47.5 Å². The van der Waals surface area contributed by atoms with Crippen LogP contribution in [0.5, 0.6) is 5.75 Å². The highest BCUT2D eigenvalue weighted by atomic mass is 32.2. The molecule has 2 aromatic carbocycles. The second kappa shape index (κ2) is 8.29. The maximum atomic E-state index is 13.3. The first-order valence-corrected chi connectivity index (χ1v) is 11.6. The predicted molar refractivity (Wildman–Crippen MR) is 116 cm³/mol. The van der Waals surface area contributed by atoms with Gasteiger partial charge in [0.1, 0.15) is 5.75 Å². The molecule has 0 fully saturated rings. The van der Waals surface area contributed by atoms with Crippen LogP contribution in [0, 0.1) is 0 Å². The Morgan fingerprint density at radius 2 is 1.97 bits per heavy atom. The number of benzene rings is 2. The zero-order chi connectivity index (χ0) is 24.8. The average molecular weight is 496 g/mol. The van der Waals surface area contributed by atoms with Crippen LogP contribution >= 0.6 is 0 Å². The number of hydrogen-bond donors (Lipinski definition) is 4. The molecule has 0 bridgehead atoms. The summed E-state index contributed by atoms with van der Waals surface area (Å²) in [6.45, 7) is 1.90. The van der Waals surface area contributed by atoms with Crippen LogP contribution in [0.4, 0.5) is 24.8 Å². The molecule has 180 valence electrons. The predicted octanol–water partition coefficient (Wildman–Crippen LogP) is 3.11. The molecule has 1 amide bonds. The molecular weight excluding hydrogens is 477 g/mol. The summed E-state index contributed by atoms with van der Waals surface area (Å²) in [5, 5.41) is 26.0. The fourth-order valence-electron chi connectivity index (χ4n) is 3.83. The van der Waals surface area contributed by atoms with Gasteiger partial charge in [-0.05, 0) is 36.2 Å². The number of fused-ring (bicyclic) bond motifs is 1. The van der Waals surface area contributed by atoms with Gasteiger partial charge in [-0.3, -0.25) is 9.36 Å². The molecule has 2 heterocycles. The van der Waals surface area contributed by atoms with Crippen molar-refractivity contribution in [2.75, 3.05) is 10.0 Å². The molecule has 1 aliphatic rings. The van der Waals surface area contributed by atoms with Gasteiger partial charge < -0.3 is 10.4 Å². The van der Waals surface area contributed by atoms with E-state index in [1.807, 2.05) is 11.6 Å². The number of phenols is 1. The molecule has 0 saturated carbocycles. The van der Waals surface area contributed by atoms with Crippen LogP contribution in [0.15, 0.2) is 36.4 Å². The van der Waals surface area contributed by atoms with Gasteiger partial charge in [0.05, 0.1) is 22.7 Å². The van der Waals surface area contributed by atoms with E-state index in [9.17, 15) is 31.5 Å². The van der Waals surface area contributed by atoms with Gasteiger partial charge >= 0.3 is 6.18 Å². The SMILES string of the molecule is CCCC1C(=O)Nc2cc(O)c(-c3nnc(NS(N)(=O)=O)n3-c3cccc(C(F)(F)F)c3)cc21. The van der Waals surface area contributed by atoms with Crippen molar-refractivity contribution in [2.24, 2.45) is 5.14 Å². The van der Waals surface area contributed by atoms with Crippen LogP contribution in [0.25, 0.3) is 17.1 Å². The van der Waals surface area contributed by atoms with Gasteiger partial charge in [-0.25, -0.2) is 9.86 Å². The first kappa shape index (κ1) is 23.5. The highest BCUT2D eigenvalue weighted by Gasteiger charge is 2.33. The second-order valence-corrected chi connectivity index (χ2v) is 8.96. The number of aromatic nitrogens is 3. The van der Waals surface area contributed by atoms with Crippen LogP contribution < -0.4 is 15.2 Å². The smallest absolute Gasteiger partial charge is 0.416 e. The average Bonchev–Trinajstić information content (AvgIpc) is 3.26. The lowest BCUT2D eigenvalue weighted by molar-refractivity contribution is -0.137. The van der Waals surface area contributed by atoms with Gasteiger partial charge in [-0.15, -0.1) is 10.2 Å². The van der Waals surface area contributed by atoms with Gasteiger partial charge in [0.2, 0.25) is 11.9 Å². The lowest BCUT2D eigenvalue weighted by Crippen LogP contribution is -2.24. The van der Waals surface area contributed by atoms with Crippen LogP contribution in [-0.4, -0.2) is 34.2 Å². The number of carbonyl (C=O) groups excluding carboxylic acids is 1. The number of hydrogen-bond acceptors (Lipinski definition) is 6. The van der Waals surface area contributed by atoms with E-state index in [0.717, 1.165) is 22.8 Å². The van der Waals surface area contributed by atoms with Crippen molar-refractivity contribution in [1.29, 1.82) is 0 Å². The van der Waals surface area contributed by atoms with Gasteiger partial charge in [0, 0.05) is 11.8 Å². The first-order chi connectivity index (χ1) is 15.9. The van der Waals surface area contributed by atoms with E-state index in [1.165, 1.54) is 18.2 Å². The third-order valence-corrected chi connectivity index (χ3v) is 5.73. The highest BCUT2D eigenvalue weighted by Crippen LogP contribution is 2.43. The third-order valence-electron chi connectivity index (χ3n) is 5.26. The maximum Gasteiger partial charge on any atom is 0.416 e. The molecule has 1 aliphatic heterocycles. The van der Waals surface area contributed by atoms with Crippen molar-refractivity contribution < 1.29 is 31.5 Å². The number of anilines is 2. The Morgan fingerprint density at radius 3 is 2.62 bits per heavy atom. The van der Waals surface area contributed by atoms with E-state index in [-0.39, 0.29) is 28.7 Å². The molecular formula is C20H19F3N6O4S. The largest absolute Gasteiger partial charge is 0.507 e. The lowest BCUT2D eigenvalue weighted by Gasteiger charge is -2.15.